The highest BCUT2D eigenvalue weighted by molar-refractivity contribution is 7.10. The normalized spacial score (nSPS) is 30.6. The van der Waals surface area contributed by atoms with Crippen molar-refractivity contribution in [1.29, 1.82) is 0 Å². The lowest BCUT2D eigenvalue weighted by atomic mass is 9.73. The molecule has 3 nitrogen and oxygen atoms in total. The van der Waals surface area contributed by atoms with Crippen molar-refractivity contribution in [1.82, 2.24) is 4.90 Å². The van der Waals surface area contributed by atoms with E-state index in [2.05, 4.69) is 36.5 Å². The predicted octanol–water partition coefficient (Wildman–Crippen LogP) is 4.41. The summed E-state index contributed by atoms with van der Waals surface area (Å²) in [6.45, 7) is 0.531. The molecule has 2 fully saturated rings. The summed E-state index contributed by atoms with van der Waals surface area (Å²) in [5, 5.41) is 12.8. The number of hydrogen-bond donors (Lipinski definition) is 1. The molecule has 2 aliphatic rings. The minimum absolute atomic E-state index is 0.161. The zero-order valence-corrected chi connectivity index (χ0v) is 16.1. The zero-order chi connectivity index (χ0) is 17.0. The molecular formula is C20H33NO2S. The largest absolute Gasteiger partial charge is 0.390 e. The van der Waals surface area contributed by atoms with E-state index in [0.717, 1.165) is 25.7 Å². The van der Waals surface area contributed by atoms with Crippen molar-refractivity contribution >= 4 is 11.3 Å². The Morgan fingerprint density at radius 2 is 1.92 bits per heavy atom. The third-order valence-electron chi connectivity index (χ3n) is 6.29. The van der Waals surface area contributed by atoms with Gasteiger partial charge in [0.15, 0.2) is 0 Å². The predicted molar refractivity (Wildman–Crippen MR) is 100 cm³/mol. The average molecular weight is 352 g/mol. The van der Waals surface area contributed by atoms with Crippen LogP contribution in [-0.2, 0) is 10.3 Å². The maximum absolute atomic E-state index is 10.6. The van der Waals surface area contributed by atoms with E-state index in [1.807, 2.05) is 11.3 Å². The van der Waals surface area contributed by atoms with Crippen LogP contribution in [0.15, 0.2) is 17.5 Å². The first kappa shape index (κ1) is 18.4. The first-order valence-corrected chi connectivity index (χ1v) is 10.5. The van der Waals surface area contributed by atoms with E-state index < -0.39 is 0 Å². The Kier molecular flexibility index (Phi) is 6.36. The Hall–Kier alpha value is -0.420. The molecule has 136 valence electrons. The smallest absolute Gasteiger partial charge is 0.0801 e. The summed E-state index contributed by atoms with van der Waals surface area (Å²) in [4.78, 5) is 3.86. The third kappa shape index (κ3) is 4.04. The highest BCUT2D eigenvalue weighted by Crippen LogP contribution is 2.45. The molecule has 3 rings (SSSR count). The Morgan fingerprint density at radius 1 is 1.21 bits per heavy atom. The van der Waals surface area contributed by atoms with Crippen molar-refractivity contribution in [3.63, 3.8) is 0 Å². The van der Waals surface area contributed by atoms with Gasteiger partial charge in [0.2, 0.25) is 0 Å². The Morgan fingerprint density at radius 3 is 2.50 bits per heavy atom. The van der Waals surface area contributed by atoms with Gasteiger partial charge >= 0.3 is 0 Å². The molecule has 1 atom stereocenters. The van der Waals surface area contributed by atoms with E-state index in [-0.39, 0.29) is 11.6 Å². The first-order valence-electron chi connectivity index (χ1n) is 9.63. The van der Waals surface area contributed by atoms with E-state index in [1.54, 1.807) is 0 Å². The zero-order valence-electron chi connectivity index (χ0n) is 15.2. The van der Waals surface area contributed by atoms with Crippen molar-refractivity contribution in [2.24, 2.45) is 5.92 Å². The minimum Gasteiger partial charge on any atom is -0.390 e. The van der Waals surface area contributed by atoms with Gasteiger partial charge in [-0.05, 0) is 70.0 Å². The van der Waals surface area contributed by atoms with Gasteiger partial charge in [0.1, 0.15) is 0 Å². The van der Waals surface area contributed by atoms with Gasteiger partial charge in [0.05, 0.1) is 24.4 Å². The molecule has 0 bridgehead atoms. The minimum atomic E-state index is -0.296. The number of hydrogen-bond acceptors (Lipinski definition) is 4. The summed E-state index contributed by atoms with van der Waals surface area (Å²) < 4.78 is 6.01. The Labute approximate surface area is 151 Å². The van der Waals surface area contributed by atoms with E-state index in [1.165, 1.54) is 37.0 Å². The first-order chi connectivity index (χ1) is 11.6. The molecule has 4 heteroatoms. The fourth-order valence-electron chi connectivity index (χ4n) is 4.56. The fourth-order valence-corrected chi connectivity index (χ4v) is 5.63. The van der Waals surface area contributed by atoms with Crippen LogP contribution in [0.3, 0.4) is 0 Å². The van der Waals surface area contributed by atoms with Gasteiger partial charge in [-0.2, -0.15) is 0 Å². The lowest BCUT2D eigenvalue weighted by molar-refractivity contribution is -0.0573. The lowest BCUT2D eigenvalue weighted by Crippen LogP contribution is -2.45. The van der Waals surface area contributed by atoms with Gasteiger partial charge in [-0.3, -0.25) is 4.90 Å². The number of thiophene rings is 1. The number of ether oxygens (including phenoxy) is 1. The van der Waals surface area contributed by atoms with Gasteiger partial charge in [-0.25, -0.2) is 0 Å². The van der Waals surface area contributed by atoms with Crippen molar-refractivity contribution < 1.29 is 9.84 Å². The summed E-state index contributed by atoms with van der Waals surface area (Å²) >= 11 is 1.87. The van der Waals surface area contributed by atoms with E-state index in [4.69, 9.17) is 4.74 Å². The van der Waals surface area contributed by atoms with Crippen molar-refractivity contribution in [3.8, 4) is 0 Å². The standard InChI is InChI=1S/C20H33NO2S/c1-21(2)20(19-9-6-14-24-19)12-10-16(11-13-20)18(22)15-23-17-7-4-3-5-8-17/h6,9,14,16-18,22H,3-5,7-8,10-13,15H2,1-2H3. The van der Waals surface area contributed by atoms with Gasteiger partial charge in [-0.15, -0.1) is 11.3 Å². The molecule has 1 aromatic rings. The molecule has 1 N–H and O–H groups in total. The lowest BCUT2D eigenvalue weighted by Gasteiger charge is -2.45. The summed E-state index contributed by atoms with van der Waals surface area (Å²) in [6.07, 6.45) is 10.8. The summed E-state index contributed by atoms with van der Waals surface area (Å²) in [5.74, 6) is 0.390. The monoisotopic (exact) mass is 351 g/mol. The molecule has 0 saturated heterocycles. The summed E-state index contributed by atoms with van der Waals surface area (Å²) in [6, 6.07) is 4.43. The van der Waals surface area contributed by atoms with Crippen LogP contribution in [-0.4, -0.2) is 42.9 Å². The molecule has 1 aromatic heterocycles. The molecular weight excluding hydrogens is 318 g/mol. The molecule has 0 aliphatic heterocycles. The van der Waals surface area contributed by atoms with Gasteiger partial charge in [0, 0.05) is 4.88 Å². The number of aliphatic hydroxyl groups is 1. The van der Waals surface area contributed by atoms with Gasteiger partial charge in [-0.1, -0.05) is 25.3 Å². The molecule has 1 heterocycles. The Bertz CT molecular complexity index is 474. The molecule has 0 aromatic carbocycles. The molecule has 0 spiro atoms. The number of rotatable bonds is 6. The van der Waals surface area contributed by atoms with Crippen molar-refractivity contribution in [3.05, 3.63) is 22.4 Å². The highest BCUT2D eigenvalue weighted by Gasteiger charge is 2.41. The van der Waals surface area contributed by atoms with Crippen LogP contribution in [0, 0.1) is 5.92 Å². The van der Waals surface area contributed by atoms with Crippen molar-refractivity contribution in [2.45, 2.75) is 75.5 Å². The molecule has 2 aliphatic carbocycles. The molecule has 0 amide bonds. The van der Waals surface area contributed by atoms with Gasteiger partial charge < -0.3 is 9.84 Å². The maximum Gasteiger partial charge on any atom is 0.0801 e. The molecule has 24 heavy (non-hydrogen) atoms. The van der Waals surface area contributed by atoms with Crippen LogP contribution in [0.5, 0.6) is 0 Å². The van der Waals surface area contributed by atoms with Crippen molar-refractivity contribution in [2.75, 3.05) is 20.7 Å². The fraction of sp³-hybridized carbons (Fsp3) is 0.800. The van der Waals surface area contributed by atoms with Crippen LogP contribution in [0.2, 0.25) is 0 Å². The Balaban J connectivity index is 1.51. The van der Waals surface area contributed by atoms with Crippen LogP contribution in [0.1, 0.15) is 62.7 Å². The van der Waals surface area contributed by atoms with E-state index >= 15 is 0 Å². The molecule has 1 unspecified atom stereocenters. The second kappa shape index (κ2) is 8.31. The van der Waals surface area contributed by atoms with E-state index in [9.17, 15) is 5.11 Å². The number of aliphatic hydroxyl groups excluding tert-OH is 1. The quantitative estimate of drug-likeness (QED) is 0.824. The summed E-state index contributed by atoms with van der Waals surface area (Å²) in [7, 11) is 4.39. The van der Waals surface area contributed by atoms with E-state index in [0.29, 0.717) is 18.6 Å². The average Bonchev–Trinajstić information content (AvgIpc) is 3.15. The highest BCUT2D eigenvalue weighted by atomic mass is 32.1. The van der Waals surface area contributed by atoms with Crippen LogP contribution < -0.4 is 0 Å². The topological polar surface area (TPSA) is 32.7 Å². The third-order valence-corrected chi connectivity index (χ3v) is 7.36. The summed E-state index contributed by atoms with van der Waals surface area (Å²) in [5.41, 5.74) is 0.161. The SMILES string of the molecule is CN(C)C1(c2cccs2)CCC(C(O)COC2CCCCC2)CC1. The van der Waals surface area contributed by atoms with Gasteiger partial charge in [0.25, 0.3) is 0 Å². The molecule has 2 saturated carbocycles. The van der Waals surface area contributed by atoms with Crippen LogP contribution in [0.4, 0.5) is 0 Å². The van der Waals surface area contributed by atoms with Crippen LogP contribution >= 0.6 is 11.3 Å². The second-order valence-corrected chi connectivity index (χ2v) is 8.85. The second-order valence-electron chi connectivity index (χ2n) is 7.90. The molecule has 0 radical (unpaired) electrons. The van der Waals surface area contributed by atoms with Crippen LogP contribution in [0.25, 0.3) is 0 Å². The maximum atomic E-state index is 10.6. The number of nitrogens with zero attached hydrogens (tertiary/aromatic N) is 1.